The van der Waals surface area contributed by atoms with E-state index in [0.29, 0.717) is 12.0 Å². The third-order valence-electron chi connectivity index (χ3n) is 2.82. The second-order valence-corrected chi connectivity index (χ2v) is 4.78. The molecule has 1 atom stereocenters. The summed E-state index contributed by atoms with van der Waals surface area (Å²) in [5, 5.41) is 16.8. The molecule has 0 saturated heterocycles. The normalized spacial score (nSPS) is 10.9. The van der Waals surface area contributed by atoms with Gasteiger partial charge >= 0.3 is 11.9 Å². The number of aliphatic carboxylic acids is 2. The number of Topliss-reactive ketones (excluding diaryl/α,β-unsaturated/α-hetero) is 1. The maximum Gasteiger partial charge on any atom is 0.372 e. The maximum absolute atomic E-state index is 10.7. The molecule has 0 radical (unpaired) electrons. The zero-order valence-corrected chi connectivity index (χ0v) is 12.7. The Morgan fingerprint density at radius 3 is 1.96 bits per heavy atom. The zero-order valence-electron chi connectivity index (χ0n) is 12.7. The van der Waals surface area contributed by atoms with Crippen LogP contribution in [0, 0.1) is 0 Å². The number of carboxylic acids is 2. The molecule has 4 N–H and O–H groups in total. The van der Waals surface area contributed by atoms with Gasteiger partial charge in [0.1, 0.15) is 6.04 Å². The van der Waals surface area contributed by atoms with Gasteiger partial charge in [-0.3, -0.25) is 19.6 Å². The van der Waals surface area contributed by atoms with Crippen LogP contribution in [0.3, 0.4) is 0 Å². The van der Waals surface area contributed by atoms with Crippen LogP contribution in [-0.4, -0.2) is 43.9 Å². The first-order valence-electron chi connectivity index (χ1n) is 6.92. The van der Waals surface area contributed by atoms with Crippen LogP contribution in [0.15, 0.2) is 49.1 Å². The summed E-state index contributed by atoms with van der Waals surface area (Å²) in [6, 6.07) is 6.03. The number of carbonyl (C=O) groups is 3. The number of carboxylic acid groups (broad SMARTS) is 2. The lowest BCUT2D eigenvalue weighted by molar-refractivity contribution is -0.148. The van der Waals surface area contributed by atoms with Gasteiger partial charge in [-0.2, -0.15) is 0 Å². The number of hydrogen-bond donors (Lipinski definition) is 3. The number of hydrogen-bond acceptors (Lipinski definition) is 6. The average molecular weight is 331 g/mol. The molecule has 8 heteroatoms. The predicted octanol–water partition coefficient (Wildman–Crippen LogP) is 0.314. The Balaban J connectivity index is 0.000000240. The Bertz CT molecular complexity index is 677. The van der Waals surface area contributed by atoms with E-state index < -0.39 is 23.8 Å². The first kappa shape index (κ1) is 18.9. The highest BCUT2D eigenvalue weighted by Gasteiger charge is 2.12. The summed E-state index contributed by atoms with van der Waals surface area (Å²) < 4.78 is 0. The average Bonchev–Trinajstić information content (AvgIpc) is 2.57. The lowest BCUT2D eigenvalue weighted by Gasteiger charge is -2.04. The van der Waals surface area contributed by atoms with Crippen LogP contribution in [-0.2, 0) is 27.2 Å². The fourth-order valence-corrected chi connectivity index (χ4v) is 1.62. The molecule has 0 aliphatic carbocycles. The van der Waals surface area contributed by atoms with E-state index in [9.17, 15) is 14.4 Å². The van der Waals surface area contributed by atoms with Gasteiger partial charge in [-0.1, -0.05) is 12.1 Å². The van der Waals surface area contributed by atoms with E-state index in [-0.39, 0.29) is 6.42 Å². The quantitative estimate of drug-likeness (QED) is 0.642. The van der Waals surface area contributed by atoms with Crippen molar-refractivity contribution in [3.63, 3.8) is 0 Å². The van der Waals surface area contributed by atoms with Gasteiger partial charge in [-0.05, 0) is 29.7 Å². The van der Waals surface area contributed by atoms with E-state index in [1.807, 2.05) is 0 Å². The van der Waals surface area contributed by atoms with Crippen molar-refractivity contribution >= 4 is 17.7 Å². The van der Waals surface area contributed by atoms with E-state index in [4.69, 9.17) is 15.9 Å². The minimum atomic E-state index is -1.40. The molecule has 2 heterocycles. The molecular formula is C16H17N3O5. The molecule has 2 rings (SSSR count). The number of nitrogens with two attached hydrogens (primary N) is 1. The maximum atomic E-state index is 10.7. The first-order chi connectivity index (χ1) is 11.4. The van der Waals surface area contributed by atoms with Crippen molar-refractivity contribution in [1.82, 2.24) is 9.97 Å². The molecule has 126 valence electrons. The number of aromatic nitrogens is 2. The van der Waals surface area contributed by atoms with Crippen LogP contribution in [0.2, 0.25) is 0 Å². The lowest BCUT2D eigenvalue weighted by Crippen LogP contribution is -2.32. The Labute approximate surface area is 138 Å². The van der Waals surface area contributed by atoms with E-state index in [1.54, 1.807) is 42.9 Å². The number of rotatable bonds is 6. The van der Waals surface area contributed by atoms with Crippen LogP contribution >= 0.6 is 0 Å². The minimum absolute atomic E-state index is 0.0941. The van der Waals surface area contributed by atoms with Gasteiger partial charge in [-0.15, -0.1) is 0 Å². The largest absolute Gasteiger partial charge is 0.480 e. The Kier molecular flexibility index (Phi) is 7.72. The molecule has 0 amide bonds. The SMILES string of the molecule is N[C@@H](Cc1cccnc1)C(=O)O.O=C(O)C(=O)Cc1cccnc1. The number of carbonyl (C=O) groups excluding carboxylic acids is 1. The molecule has 0 aliphatic rings. The summed E-state index contributed by atoms with van der Waals surface area (Å²) in [7, 11) is 0. The molecule has 0 spiro atoms. The molecule has 0 fully saturated rings. The summed E-state index contributed by atoms with van der Waals surface area (Å²) >= 11 is 0. The number of nitrogens with zero attached hydrogens (tertiary/aromatic N) is 2. The molecule has 8 nitrogen and oxygen atoms in total. The van der Waals surface area contributed by atoms with Gasteiger partial charge in [0.15, 0.2) is 0 Å². The first-order valence-corrected chi connectivity index (χ1v) is 6.92. The fourth-order valence-electron chi connectivity index (χ4n) is 1.62. The van der Waals surface area contributed by atoms with Crippen LogP contribution in [0.5, 0.6) is 0 Å². The molecular weight excluding hydrogens is 314 g/mol. The van der Waals surface area contributed by atoms with E-state index in [2.05, 4.69) is 9.97 Å². The Morgan fingerprint density at radius 1 is 1.00 bits per heavy atom. The second kappa shape index (κ2) is 9.80. The van der Waals surface area contributed by atoms with Crippen molar-refractivity contribution in [3.05, 3.63) is 60.2 Å². The molecule has 24 heavy (non-hydrogen) atoms. The number of pyridine rings is 2. The van der Waals surface area contributed by atoms with Crippen molar-refractivity contribution < 1.29 is 24.6 Å². The van der Waals surface area contributed by atoms with Crippen molar-refractivity contribution in [2.45, 2.75) is 18.9 Å². The molecule has 0 aliphatic heterocycles. The molecule has 0 saturated carbocycles. The van der Waals surface area contributed by atoms with Crippen molar-refractivity contribution in [2.75, 3.05) is 0 Å². The van der Waals surface area contributed by atoms with Crippen molar-refractivity contribution in [2.24, 2.45) is 5.73 Å². The Morgan fingerprint density at radius 2 is 1.54 bits per heavy atom. The smallest absolute Gasteiger partial charge is 0.372 e. The van der Waals surface area contributed by atoms with Crippen molar-refractivity contribution in [1.29, 1.82) is 0 Å². The fraction of sp³-hybridized carbons (Fsp3) is 0.188. The molecule has 0 bridgehead atoms. The third kappa shape index (κ3) is 7.23. The summed E-state index contributed by atoms with van der Waals surface area (Å²) in [4.78, 5) is 38.8. The van der Waals surface area contributed by atoms with Gasteiger partial charge in [-0.25, -0.2) is 4.79 Å². The van der Waals surface area contributed by atoms with Crippen LogP contribution in [0.1, 0.15) is 11.1 Å². The molecule has 0 unspecified atom stereocenters. The summed E-state index contributed by atoms with van der Waals surface area (Å²) in [6.07, 6.45) is 6.51. The van der Waals surface area contributed by atoms with Crippen LogP contribution < -0.4 is 5.73 Å². The van der Waals surface area contributed by atoms with E-state index >= 15 is 0 Å². The lowest BCUT2D eigenvalue weighted by atomic mass is 10.1. The summed E-state index contributed by atoms with van der Waals surface area (Å²) in [5.74, 6) is -3.21. The monoisotopic (exact) mass is 331 g/mol. The van der Waals surface area contributed by atoms with Gasteiger partial charge in [0, 0.05) is 31.2 Å². The van der Waals surface area contributed by atoms with Crippen molar-refractivity contribution in [3.8, 4) is 0 Å². The van der Waals surface area contributed by atoms with Gasteiger partial charge in [0.25, 0.3) is 0 Å². The summed E-state index contributed by atoms with van der Waals surface area (Å²) in [6.45, 7) is 0. The minimum Gasteiger partial charge on any atom is -0.480 e. The van der Waals surface area contributed by atoms with Gasteiger partial charge in [0.05, 0.1) is 0 Å². The van der Waals surface area contributed by atoms with Crippen LogP contribution in [0.25, 0.3) is 0 Å². The van der Waals surface area contributed by atoms with Gasteiger partial charge in [0.2, 0.25) is 5.78 Å². The zero-order chi connectivity index (χ0) is 17.9. The summed E-state index contributed by atoms with van der Waals surface area (Å²) in [5.41, 5.74) is 6.78. The highest BCUT2D eigenvalue weighted by atomic mass is 16.4. The Hall–Kier alpha value is -3.13. The highest BCUT2D eigenvalue weighted by molar-refractivity contribution is 6.33. The molecule has 2 aromatic rings. The second-order valence-electron chi connectivity index (χ2n) is 4.78. The van der Waals surface area contributed by atoms with E-state index in [1.165, 1.54) is 6.20 Å². The highest BCUT2D eigenvalue weighted by Crippen LogP contribution is 1.99. The topological polar surface area (TPSA) is 143 Å². The van der Waals surface area contributed by atoms with Gasteiger partial charge < -0.3 is 15.9 Å². The third-order valence-corrected chi connectivity index (χ3v) is 2.82. The standard InChI is InChI=1S/C8H10N2O2.C8H7NO3/c9-7(8(11)12)4-6-2-1-3-10-5-6;10-7(8(11)12)4-6-2-1-3-9-5-6/h1-3,5,7H,4,9H2,(H,11,12);1-3,5H,4H2,(H,11,12)/t7-;/m0./s1. The molecule has 2 aromatic heterocycles. The predicted molar refractivity (Wildman–Crippen MR) is 84.1 cm³/mol. The van der Waals surface area contributed by atoms with E-state index in [0.717, 1.165) is 5.56 Å². The number of ketones is 1. The molecule has 0 aromatic carbocycles. The van der Waals surface area contributed by atoms with Crippen LogP contribution in [0.4, 0.5) is 0 Å².